The summed E-state index contributed by atoms with van der Waals surface area (Å²) in [5, 5.41) is 2.40. The Morgan fingerprint density at radius 3 is 2.71 bits per heavy atom. The number of aromatic nitrogens is 1. The van der Waals surface area contributed by atoms with E-state index in [0.29, 0.717) is 35.3 Å². The molecule has 1 amide bonds. The summed E-state index contributed by atoms with van der Waals surface area (Å²) in [5.41, 5.74) is 0.817. The standard InChI is InChI=1S/C24H32N4O4S3/c1-4-26(5-2)13-14-28(24-25-20-11-10-19(32-3)16-21(20)34-24)23(29)18-8-6-12-27(17-18)35(30,31)22-9-7-15-33-22/h7,9-11,15-16,18H,4-6,8,12-14,17H2,1-3H3. The van der Waals surface area contributed by atoms with Crippen LogP contribution in [0.4, 0.5) is 5.13 Å². The van der Waals surface area contributed by atoms with Gasteiger partial charge in [0.05, 0.1) is 23.2 Å². The van der Waals surface area contributed by atoms with Gasteiger partial charge < -0.3 is 9.64 Å². The lowest BCUT2D eigenvalue weighted by atomic mass is 9.98. The highest BCUT2D eigenvalue weighted by Gasteiger charge is 2.36. The van der Waals surface area contributed by atoms with E-state index in [1.54, 1.807) is 29.5 Å². The Hall–Kier alpha value is -2.05. The van der Waals surface area contributed by atoms with Gasteiger partial charge in [0, 0.05) is 26.2 Å². The van der Waals surface area contributed by atoms with Crippen LogP contribution in [0.5, 0.6) is 5.75 Å². The molecule has 4 rings (SSSR count). The minimum Gasteiger partial charge on any atom is -0.497 e. The van der Waals surface area contributed by atoms with E-state index < -0.39 is 15.9 Å². The van der Waals surface area contributed by atoms with Crippen molar-refractivity contribution in [2.75, 3.05) is 51.3 Å². The van der Waals surface area contributed by atoms with Crippen LogP contribution in [0.2, 0.25) is 0 Å². The first-order chi connectivity index (χ1) is 16.9. The Balaban J connectivity index is 1.60. The summed E-state index contributed by atoms with van der Waals surface area (Å²) in [7, 11) is -1.96. The zero-order valence-electron chi connectivity index (χ0n) is 20.3. The maximum absolute atomic E-state index is 13.9. The number of methoxy groups -OCH3 is 1. The third kappa shape index (κ3) is 5.69. The number of anilines is 1. The fourth-order valence-electron chi connectivity index (χ4n) is 4.34. The van der Waals surface area contributed by atoms with Crippen LogP contribution in [0.25, 0.3) is 10.2 Å². The highest BCUT2D eigenvalue weighted by atomic mass is 32.2. The van der Waals surface area contributed by atoms with Crippen LogP contribution in [0, 0.1) is 5.92 Å². The topological polar surface area (TPSA) is 83.0 Å². The molecule has 35 heavy (non-hydrogen) atoms. The predicted molar refractivity (Wildman–Crippen MR) is 142 cm³/mol. The summed E-state index contributed by atoms with van der Waals surface area (Å²) in [6, 6.07) is 9.05. The summed E-state index contributed by atoms with van der Waals surface area (Å²) >= 11 is 2.67. The minimum atomic E-state index is -3.59. The summed E-state index contributed by atoms with van der Waals surface area (Å²) < 4.78 is 34.3. The van der Waals surface area contributed by atoms with Crippen molar-refractivity contribution in [2.45, 2.75) is 30.9 Å². The molecule has 8 nitrogen and oxygen atoms in total. The molecule has 1 unspecified atom stereocenters. The molecule has 0 radical (unpaired) electrons. The molecular weight excluding hydrogens is 504 g/mol. The normalized spacial score (nSPS) is 17.2. The number of thiazole rings is 1. The molecule has 1 fully saturated rings. The Kier molecular flexibility index (Phi) is 8.43. The number of likely N-dealkylation sites (N-methyl/N-ethyl adjacent to an activating group) is 1. The molecule has 1 aliphatic heterocycles. The molecule has 2 aromatic heterocycles. The van der Waals surface area contributed by atoms with Crippen molar-refractivity contribution >= 4 is 54.0 Å². The zero-order valence-corrected chi connectivity index (χ0v) is 22.8. The number of nitrogens with zero attached hydrogens (tertiary/aromatic N) is 4. The highest BCUT2D eigenvalue weighted by Crippen LogP contribution is 2.34. The van der Waals surface area contributed by atoms with Crippen LogP contribution in [0.3, 0.4) is 0 Å². The average Bonchev–Trinajstić information content (AvgIpc) is 3.57. The SMILES string of the molecule is CCN(CC)CCN(C(=O)C1CCCN(S(=O)(=O)c2cccs2)C1)c1nc2ccc(OC)cc2s1. The molecule has 0 bridgehead atoms. The molecular formula is C24H32N4O4S3. The molecule has 190 valence electrons. The van der Waals surface area contributed by atoms with Crippen LogP contribution in [0.15, 0.2) is 39.9 Å². The van der Waals surface area contributed by atoms with Crippen LogP contribution in [0.1, 0.15) is 26.7 Å². The van der Waals surface area contributed by atoms with Crippen molar-refractivity contribution in [3.8, 4) is 5.75 Å². The van der Waals surface area contributed by atoms with Gasteiger partial charge in [0.1, 0.15) is 9.96 Å². The van der Waals surface area contributed by atoms with Gasteiger partial charge in [-0.25, -0.2) is 13.4 Å². The highest BCUT2D eigenvalue weighted by molar-refractivity contribution is 7.91. The number of ether oxygens (including phenoxy) is 1. The Bertz CT molecular complexity index is 1240. The first-order valence-electron chi connectivity index (χ1n) is 11.9. The number of carbonyl (C=O) groups is 1. The number of benzene rings is 1. The van der Waals surface area contributed by atoms with Crippen molar-refractivity contribution < 1.29 is 17.9 Å². The van der Waals surface area contributed by atoms with Gasteiger partial charge in [-0.05, 0) is 55.6 Å². The van der Waals surface area contributed by atoms with Gasteiger partial charge in [0.2, 0.25) is 5.91 Å². The second-order valence-electron chi connectivity index (χ2n) is 8.48. The fourth-order valence-corrected chi connectivity index (χ4v) is 8.03. The molecule has 1 saturated heterocycles. The Morgan fingerprint density at radius 1 is 1.23 bits per heavy atom. The van der Waals surface area contributed by atoms with Gasteiger partial charge in [-0.15, -0.1) is 11.3 Å². The third-order valence-corrected chi connectivity index (χ3v) is 10.7. The Morgan fingerprint density at radius 2 is 2.03 bits per heavy atom. The van der Waals surface area contributed by atoms with Gasteiger partial charge in [-0.2, -0.15) is 4.31 Å². The molecule has 0 N–H and O–H groups in total. The number of fused-ring (bicyclic) bond motifs is 1. The first-order valence-corrected chi connectivity index (χ1v) is 15.0. The summed E-state index contributed by atoms with van der Waals surface area (Å²) in [6.07, 6.45) is 1.32. The van der Waals surface area contributed by atoms with Gasteiger partial charge >= 0.3 is 0 Å². The quantitative estimate of drug-likeness (QED) is 0.387. The number of rotatable bonds is 10. The molecule has 1 aliphatic rings. The van der Waals surface area contributed by atoms with Crippen LogP contribution in [-0.2, 0) is 14.8 Å². The van der Waals surface area contributed by atoms with Crippen molar-refractivity contribution in [3.05, 3.63) is 35.7 Å². The van der Waals surface area contributed by atoms with Crippen LogP contribution in [-0.4, -0.2) is 74.9 Å². The number of sulfonamides is 1. The maximum Gasteiger partial charge on any atom is 0.252 e. The molecule has 0 spiro atoms. The van der Waals surface area contributed by atoms with Crippen LogP contribution >= 0.6 is 22.7 Å². The van der Waals surface area contributed by atoms with Crippen molar-refractivity contribution in [1.29, 1.82) is 0 Å². The third-order valence-electron chi connectivity index (χ3n) is 6.44. The minimum absolute atomic E-state index is 0.0609. The van der Waals surface area contributed by atoms with E-state index in [1.165, 1.54) is 27.0 Å². The van der Waals surface area contributed by atoms with Crippen molar-refractivity contribution in [3.63, 3.8) is 0 Å². The molecule has 3 heterocycles. The number of piperidine rings is 1. The van der Waals surface area contributed by atoms with Crippen molar-refractivity contribution in [1.82, 2.24) is 14.2 Å². The number of carbonyl (C=O) groups excluding carboxylic acids is 1. The predicted octanol–water partition coefficient (Wildman–Crippen LogP) is 4.14. The molecule has 3 aromatic rings. The van der Waals surface area contributed by atoms with E-state index in [1.807, 2.05) is 18.2 Å². The second-order valence-corrected chi connectivity index (χ2v) is 12.6. The monoisotopic (exact) mass is 536 g/mol. The maximum atomic E-state index is 13.9. The number of hydrogen-bond donors (Lipinski definition) is 0. The van der Waals surface area contributed by atoms with Gasteiger partial charge in [0.15, 0.2) is 5.13 Å². The number of thiophene rings is 1. The van der Waals surface area contributed by atoms with E-state index >= 15 is 0 Å². The summed E-state index contributed by atoms with van der Waals surface area (Å²) in [6.45, 7) is 7.86. The number of hydrogen-bond acceptors (Lipinski definition) is 8. The molecule has 0 aliphatic carbocycles. The first kappa shape index (κ1) is 26.0. The average molecular weight is 537 g/mol. The fraction of sp³-hybridized carbons (Fsp3) is 0.500. The largest absolute Gasteiger partial charge is 0.497 e. The Labute approximate surface area is 215 Å². The molecule has 1 atom stereocenters. The molecule has 0 saturated carbocycles. The van der Waals surface area contributed by atoms with E-state index in [-0.39, 0.29) is 12.5 Å². The smallest absolute Gasteiger partial charge is 0.252 e. The van der Waals surface area contributed by atoms with E-state index in [0.717, 1.165) is 35.6 Å². The van der Waals surface area contributed by atoms with E-state index in [2.05, 4.69) is 18.7 Å². The van der Waals surface area contributed by atoms with Gasteiger partial charge in [0.25, 0.3) is 10.0 Å². The molecule has 11 heteroatoms. The lowest BCUT2D eigenvalue weighted by Gasteiger charge is -2.34. The van der Waals surface area contributed by atoms with Crippen LogP contribution < -0.4 is 9.64 Å². The van der Waals surface area contributed by atoms with E-state index in [4.69, 9.17) is 9.72 Å². The zero-order chi connectivity index (χ0) is 25.0. The summed E-state index contributed by atoms with van der Waals surface area (Å²) in [4.78, 5) is 22.7. The van der Waals surface area contributed by atoms with Crippen molar-refractivity contribution in [2.24, 2.45) is 5.92 Å². The van der Waals surface area contributed by atoms with E-state index in [9.17, 15) is 13.2 Å². The lowest BCUT2D eigenvalue weighted by molar-refractivity contribution is -0.123. The van der Waals surface area contributed by atoms with Gasteiger partial charge in [-0.3, -0.25) is 9.69 Å². The molecule has 1 aromatic carbocycles. The summed E-state index contributed by atoms with van der Waals surface area (Å²) in [5.74, 6) is 0.279. The number of amides is 1. The lowest BCUT2D eigenvalue weighted by Crippen LogP contribution is -2.48. The van der Waals surface area contributed by atoms with Gasteiger partial charge in [-0.1, -0.05) is 31.3 Å². The second kappa shape index (κ2) is 11.3.